The van der Waals surface area contributed by atoms with Crippen LogP contribution < -0.4 is 0 Å². The van der Waals surface area contributed by atoms with Gasteiger partial charge in [-0.05, 0) is 0 Å². The van der Waals surface area contributed by atoms with E-state index in [9.17, 15) is 0 Å². The van der Waals surface area contributed by atoms with Gasteiger partial charge in [0, 0.05) is 55.5 Å². The summed E-state index contributed by atoms with van der Waals surface area (Å²) in [5, 5.41) is 0. The van der Waals surface area contributed by atoms with Gasteiger partial charge in [-0.1, -0.05) is 0 Å². The molecule has 0 saturated carbocycles. The van der Waals surface area contributed by atoms with Crippen molar-refractivity contribution in [3.63, 3.8) is 0 Å². The van der Waals surface area contributed by atoms with Gasteiger partial charge in [-0.25, -0.2) is 0 Å². The molecule has 0 aliphatic carbocycles. The fraction of sp³-hybridized carbons (Fsp3) is 1.00. The molecule has 0 atom stereocenters. The van der Waals surface area contributed by atoms with Crippen LogP contribution in [0.1, 0.15) is 0 Å². The van der Waals surface area contributed by atoms with Crippen LogP contribution in [-0.4, -0.2) is 27.4 Å². The van der Waals surface area contributed by atoms with Gasteiger partial charge in [-0.15, -0.1) is 0 Å². The van der Waals surface area contributed by atoms with E-state index in [2.05, 4.69) is 9.47 Å². The van der Waals surface area contributed by atoms with Gasteiger partial charge >= 0.3 is 0 Å². The van der Waals surface area contributed by atoms with Gasteiger partial charge in [0.15, 0.2) is 0 Å². The third kappa shape index (κ3) is 11.1. The molecule has 0 aromatic heterocycles. The van der Waals surface area contributed by atoms with Gasteiger partial charge in [0.25, 0.3) is 0 Å². The first-order chi connectivity index (χ1) is 2.91. The zero-order valence-electron chi connectivity index (χ0n) is 4.81. The molecule has 0 amide bonds. The third-order valence-corrected chi connectivity index (χ3v) is 0.492. The fourth-order valence-corrected chi connectivity index (χ4v) is 0.167. The number of hydrogen-bond donors (Lipinski definition) is 0. The first-order valence-corrected chi connectivity index (χ1v) is 1.89. The Morgan fingerprint density at radius 2 is 1.29 bits per heavy atom. The summed E-state index contributed by atoms with van der Waals surface area (Å²) in [7, 11) is 3.30. The molecule has 7 heavy (non-hydrogen) atoms. The van der Waals surface area contributed by atoms with E-state index in [1.807, 2.05) is 0 Å². The minimum Gasteiger partial charge on any atom is -0.382 e. The van der Waals surface area contributed by atoms with E-state index in [4.69, 9.17) is 0 Å². The summed E-state index contributed by atoms with van der Waals surface area (Å²) in [6.07, 6.45) is 0. The van der Waals surface area contributed by atoms with Gasteiger partial charge in [-0.2, -0.15) is 0 Å². The molecule has 0 aliphatic heterocycles. The van der Waals surface area contributed by atoms with Crippen LogP contribution in [0.5, 0.6) is 0 Å². The largest absolute Gasteiger partial charge is 0.382 e. The zero-order valence-corrected chi connectivity index (χ0v) is 8.51. The molecule has 0 N–H and O–H groups in total. The minimum atomic E-state index is 0. The van der Waals surface area contributed by atoms with E-state index in [-0.39, 0.29) is 41.3 Å². The molecule has 41 valence electrons. The second-order valence-electron chi connectivity index (χ2n) is 0.986. The molecule has 0 aliphatic rings. The molecular weight excluding hydrogens is 221 g/mol. The first-order valence-electron chi connectivity index (χ1n) is 1.89. The Balaban J connectivity index is 0. The average Bonchev–Trinajstić information content (AvgIpc) is 1.61. The van der Waals surface area contributed by atoms with Gasteiger partial charge in [0.05, 0.1) is 13.2 Å². The van der Waals surface area contributed by atoms with E-state index >= 15 is 0 Å². The van der Waals surface area contributed by atoms with E-state index in [1.54, 1.807) is 14.2 Å². The molecule has 0 fully saturated rings. The molecule has 0 aromatic rings. The monoisotopic (exact) mass is 231 g/mol. The smallest absolute Gasteiger partial charge is 0.0696 e. The Morgan fingerprint density at radius 3 is 1.43 bits per heavy atom. The van der Waals surface area contributed by atoms with Crippen molar-refractivity contribution in [3.8, 4) is 0 Å². The fourth-order valence-electron chi connectivity index (χ4n) is 0.167. The molecule has 0 aromatic carbocycles. The summed E-state index contributed by atoms with van der Waals surface area (Å²) in [4.78, 5) is 0. The molecule has 3 heteroatoms. The van der Waals surface area contributed by atoms with E-state index in [0.717, 1.165) is 0 Å². The van der Waals surface area contributed by atoms with Gasteiger partial charge in [-0.3, -0.25) is 0 Å². The van der Waals surface area contributed by atoms with Crippen LogP contribution in [-0.2, 0) is 9.47 Å². The van der Waals surface area contributed by atoms with Crippen molar-refractivity contribution in [1.29, 1.82) is 0 Å². The zero-order chi connectivity index (χ0) is 4.83. The summed E-state index contributed by atoms with van der Waals surface area (Å²) in [5.74, 6) is 0. The molecular formula is C4H10O2Pr. The van der Waals surface area contributed by atoms with Crippen LogP contribution >= 0.6 is 0 Å². The summed E-state index contributed by atoms with van der Waals surface area (Å²) in [6.45, 7) is 1.38. The Kier molecular flexibility index (Phi) is 16.4. The summed E-state index contributed by atoms with van der Waals surface area (Å²) < 4.78 is 9.31. The second kappa shape index (κ2) is 10.3. The van der Waals surface area contributed by atoms with Gasteiger partial charge in [0.1, 0.15) is 0 Å². The first kappa shape index (κ1) is 11.1. The molecule has 0 saturated heterocycles. The number of ether oxygens (including phenoxy) is 2. The summed E-state index contributed by atoms with van der Waals surface area (Å²) in [6, 6.07) is 0. The van der Waals surface area contributed by atoms with Crippen molar-refractivity contribution >= 4 is 0 Å². The van der Waals surface area contributed by atoms with Crippen LogP contribution in [0.4, 0.5) is 0 Å². The SMILES string of the molecule is COCCOC.[Pr]. The second-order valence-corrected chi connectivity index (χ2v) is 0.986. The van der Waals surface area contributed by atoms with Crippen molar-refractivity contribution in [2.24, 2.45) is 0 Å². The van der Waals surface area contributed by atoms with Crippen LogP contribution in [0.15, 0.2) is 0 Å². The molecule has 0 unspecified atom stereocenters. The number of methoxy groups -OCH3 is 2. The van der Waals surface area contributed by atoms with Crippen LogP contribution in [0.25, 0.3) is 0 Å². The van der Waals surface area contributed by atoms with Crippen molar-refractivity contribution < 1.29 is 50.8 Å². The minimum absolute atomic E-state index is 0. The Bertz CT molecular complexity index is 21.7. The standard InChI is InChI=1S/C4H10O2.Pr/c1-5-3-4-6-2;/h3-4H2,1-2H3;. The number of hydrogen-bond acceptors (Lipinski definition) is 2. The Hall–Kier alpha value is 1.28. The van der Waals surface area contributed by atoms with E-state index in [1.165, 1.54) is 0 Å². The predicted octanol–water partition coefficient (Wildman–Crippen LogP) is 0.279. The molecule has 1 radical (unpaired) electrons. The third-order valence-electron chi connectivity index (χ3n) is 0.492. The van der Waals surface area contributed by atoms with Crippen LogP contribution in [0, 0.1) is 41.3 Å². The topological polar surface area (TPSA) is 18.5 Å². The number of rotatable bonds is 3. The van der Waals surface area contributed by atoms with Crippen molar-refractivity contribution in [1.82, 2.24) is 0 Å². The molecule has 2 nitrogen and oxygen atoms in total. The van der Waals surface area contributed by atoms with E-state index in [0.29, 0.717) is 13.2 Å². The average molecular weight is 231 g/mol. The Labute approximate surface area is 77.5 Å². The van der Waals surface area contributed by atoms with Crippen molar-refractivity contribution in [3.05, 3.63) is 0 Å². The van der Waals surface area contributed by atoms with Gasteiger partial charge in [0.2, 0.25) is 0 Å². The molecule has 0 heterocycles. The Morgan fingerprint density at radius 1 is 1.00 bits per heavy atom. The normalized spacial score (nSPS) is 7.71. The maximum absolute atomic E-state index is 4.66. The quantitative estimate of drug-likeness (QED) is 0.649. The maximum atomic E-state index is 4.66. The van der Waals surface area contributed by atoms with E-state index < -0.39 is 0 Å². The van der Waals surface area contributed by atoms with Gasteiger partial charge < -0.3 is 9.47 Å². The molecule has 0 bridgehead atoms. The maximum Gasteiger partial charge on any atom is 0.0696 e. The molecule has 0 rings (SSSR count). The summed E-state index contributed by atoms with van der Waals surface area (Å²) >= 11 is 0. The predicted molar refractivity (Wildman–Crippen MR) is 23.8 cm³/mol. The van der Waals surface area contributed by atoms with Crippen LogP contribution in [0.3, 0.4) is 0 Å². The summed E-state index contributed by atoms with van der Waals surface area (Å²) in [5.41, 5.74) is 0. The van der Waals surface area contributed by atoms with Crippen molar-refractivity contribution in [2.45, 2.75) is 0 Å². The van der Waals surface area contributed by atoms with Crippen molar-refractivity contribution in [2.75, 3.05) is 27.4 Å². The molecule has 0 spiro atoms. The van der Waals surface area contributed by atoms with Crippen LogP contribution in [0.2, 0.25) is 0 Å².